The van der Waals surface area contributed by atoms with Crippen LogP contribution in [0.4, 0.5) is 0 Å². The number of hydrogen-bond donors (Lipinski definition) is 0. The summed E-state index contributed by atoms with van der Waals surface area (Å²) in [6, 6.07) is 10.3. The zero-order chi connectivity index (χ0) is 16.1. The lowest BCUT2D eigenvalue weighted by atomic mass is 10.2. The van der Waals surface area contributed by atoms with E-state index in [4.69, 9.17) is 9.72 Å². The lowest BCUT2D eigenvalue weighted by molar-refractivity contribution is -0.136. The van der Waals surface area contributed by atoms with E-state index in [1.54, 1.807) is 18.4 Å². The first kappa shape index (κ1) is 16.1. The number of ether oxygens (including phenoxy) is 1. The molecule has 0 atom stereocenters. The third-order valence-corrected chi connectivity index (χ3v) is 4.89. The zero-order valence-electron chi connectivity index (χ0n) is 13.3. The van der Waals surface area contributed by atoms with Gasteiger partial charge in [-0.05, 0) is 0 Å². The van der Waals surface area contributed by atoms with Crippen molar-refractivity contribution in [3.63, 3.8) is 0 Å². The second-order valence-electron chi connectivity index (χ2n) is 5.60. The largest absolute Gasteiger partial charge is 0.375 e. The Bertz CT molecular complexity index is 636. The summed E-state index contributed by atoms with van der Waals surface area (Å²) < 4.78 is 4.91. The van der Waals surface area contributed by atoms with Crippen molar-refractivity contribution in [2.75, 3.05) is 39.9 Å². The molecule has 2 aromatic rings. The molecule has 0 unspecified atom stereocenters. The van der Waals surface area contributed by atoms with E-state index in [0.717, 1.165) is 43.4 Å². The third-order valence-electron chi connectivity index (χ3n) is 3.95. The number of hydrogen-bond acceptors (Lipinski definition) is 5. The molecular weight excluding hydrogens is 310 g/mol. The van der Waals surface area contributed by atoms with Crippen molar-refractivity contribution in [3.05, 3.63) is 41.4 Å². The normalized spacial score (nSPS) is 15.8. The van der Waals surface area contributed by atoms with Crippen molar-refractivity contribution in [3.8, 4) is 10.6 Å². The summed E-state index contributed by atoms with van der Waals surface area (Å²) >= 11 is 1.68. The SMILES string of the molecule is COCC(=O)N1CCN(Cc2csc(-c3ccccc3)n2)CC1. The van der Waals surface area contributed by atoms with E-state index in [2.05, 4.69) is 22.4 Å². The molecule has 1 amide bonds. The van der Waals surface area contributed by atoms with Gasteiger partial charge in [-0.25, -0.2) is 4.98 Å². The lowest BCUT2D eigenvalue weighted by Gasteiger charge is -2.34. The van der Waals surface area contributed by atoms with E-state index in [9.17, 15) is 4.79 Å². The molecule has 0 N–H and O–H groups in total. The van der Waals surface area contributed by atoms with E-state index in [0.29, 0.717) is 0 Å². The van der Waals surface area contributed by atoms with Crippen LogP contribution in [0.1, 0.15) is 5.69 Å². The van der Waals surface area contributed by atoms with E-state index < -0.39 is 0 Å². The maximum absolute atomic E-state index is 11.8. The Morgan fingerprint density at radius 2 is 1.96 bits per heavy atom. The van der Waals surface area contributed by atoms with Crippen LogP contribution in [0.15, 0.2) is 35.7 Å². The molecular formula is C17H21N3O2S. The molecule has 2 heterocycles. The number of aromatic nitrogens is 1. The van der Waals surface area contributed by atoms with Crippen molar-refractivity contribution in [2.24, 2.45) is 0 Å². The zero-order valence-corrected chi connectivity index (χ0v) is 14.1. The van der Waals surface area contributed by atoms with Gasteiger partial charge in [-0.2, -0.15) is 0 Å². The minimum absolute atomic E-state index is 0.0761. The number of piperazine rings is 1. The Morgan fingerprint density at radius 1 is 1.22 bits per heavy atom. The first-order valence-corrected chi connectivity index (χ1v) is 8.63. The predicted octanol–water partition coefficient (Wildman–Crippen LogP) is 2.10. The smallest absolute Gasteiger partial charge is 0.248 e. The molecule has 0 bridgehead atoms. The molecule has 0 radical (unpaired) electrons. The van der Waals surface area contributed by atoms with Crippen LogP contribution in [0.3, 0.4) is 0 Å². The van der Waals surface area contributed by atoms with Crippen LogP contribution in [-0.2, 0) is 16.1 Å². The van der Waals surface area contributed by atoms with Gasteiger partial charge in [0.15, 0.2) is 0 Å². The van der Waals surface area contributed by atoms with E-state index >= 15 is 0 Å². The van der Waals surface area contributed by atoms with Gasteiger partial charge in [0, 0.05) is 50.8 Å². The Hall–Kier alpha value is -1.76. The Labute approximate surface area is 140 Å². The Morgan fingerprint density at radius 3 is 2.65 bits per heavy atom. The Kier molecular flexibility index (Phi) is 5.38. The molecule has 1 saturated heterocycles. The van der Waals surface area contributed by atoms with Gasteiger partial charge in [0.05, 0.1) is 5.69 Å². The summed E-state index contributed by atoms with van der Waals surface area (Å²) in [4.78, 5) is 20.7. The number of carbonyl (C=O) groups excluding carboxylic acids is 1. The molecule has 122 valence electrons. The Balaban J connectivity index is 1.53. The average molecular weight is 331 g/mol. The van der Waals surface area contributed by atoms with E-state index in [1.165, 1.54) is 5.56 Å². The molecule has 1 fully saturated rings. The summed E-state index contributed by atoms with van der Waals surface area (Å²) in [7, 11) is 1.56. The second kappa shape index (κ2) is 7.68. The first-order valence-electron chi connectivity index (χ1n) is 7.75. The van der Waals surface area contributed by atoms with Gasteiger partial charge >= 0.3 is 0 Å². The lowest BCUT2D eigenvalue weighted by Crippen LogP contribution is -2.49. The maximum Gasteiger partial charge on any atom is 0.248 e. The number of methoxy groups -OCH3 is 1. The number of benzene rings is 1. The predicted molar refractivity (Wildman–Crippen MR) is 91.3 cm³/mol. The first-order chi connectivity index (χ1) is 11.3. The molecule has 0 aliphatic carbocycles. The third kappa shape index (κ3) is 4.16. The highest BCUT2D eigenvalue weighted by Gasteiger charge is 2.21. The average Bonchev–Trinajstić information content (AvgIpc) is 3.05. The maximum atomic E-state index is 11.8. The highest BCUT2D eigenvalue weighted by atomic mass is 32.1. The molecule has 6 heteroatoms. The fourth-order valence-corrected chi connectivity index (χ4v) is 3.51. The summed E-state index contributed by atoms with van der Waals surface area (Å²) in [5.74, 6) is 0.0761. The minimum atomic E-state index is 0.0761. The second-order valence-corrected chi connectivity index (χ2v) is 6.46. The van der Waals surface area contributed by atoms with Gasteiger partial charge in [-0.3, -0.25) is 9.69 Å². The molecule has 0 saturated carbocycles. The molecule has 0 spiro atoms. The summed E-state index contributed by atoms with van der Waals surface area (Å²) in [5.41, 5.74) is 2.27. The van der Waals surface area contributed by atoms with Crippen LogP contribution in [0.25, 0.3) is 10.6 Å². The van der Waals surface area contributed by atoms with Gasteiger partial charge in [0.1, 0.15) is 11.6 Å². The minimum Gasteiger partial charge on any atom is -0.375 e. The molecule has 23 heavy (non-hydrogen) atoms. The van der Waals surface area contributed by atoms with Crippen LogP contribution >= 0.6 is 11.3 Å². The highest BCUT2D eigenvalue weighted by Crippen LogP contribution is 2.24. The quantitative estimate of drug-likeness (QED) is 0.842. The summed E-state index contributed by atoms with van der Waals surface area (Å²) in [6.07, 6.45) is 0. The standard InChI is InChI=1S/C17H21N3O2S/c1-22-12-16(21)20-9-7-19(8-10-20)11-15-13-23-17(18-15)14-5-3-2-4-6-14/h2-6,13H,7-12H2,1H3. The van der Waals surface area contributed by atoms with Gasteiger partial charge in [0.2, 0.25) is 5.91 Å². The number of amides is 1. The molecule has 1 aliphatic heterocycles. The summed E-state index contributed by atoms with van der Waals surface area (Å²) in [5, 5.41) is 3.19. The van der Waals surface area contributed by atoms with Crippen LogP contribution in [0.2, 0.25) is 0 Å². The molecule has 1 aliphatic rings. The molecule has 3 rings (SSSR count). The van der Waals surface area contributed by atoms with Gasteiger partial charge < -0.3 is 9.64 Å². The van der Waals surface area contributed by atoms with E-state index in [1.807, 2.05) is 23.1 Å². The van der Waals surface area contributed by atoms with Crippen molar-refractivity contribution in [1.29, 1.82) is 0 Å². The number of rotatable bonds is 5. The van der Waals surface area contributed by atoms with Crippen LogP contribution in [0, 0.1) is 0 Å². The molecule has 1 aromatic carbocycles. The van der Waals surface area contributed by atoms with Crippen molar-refractivity contribution in [2.45, 2.75) is 6.54 Å². The van der Waals surface area contributed by atoms with Crippen molar-refractivity contribution in [1.82, 2.24) is 14.8 Å². The van der Waals surface area contributed by atoms with Crippen LogP contribution in [-0.4, -0.2) is 60.6 Å². The monoisotopic (exact) mass is 331 g/mol. The van der Waals surface area contributed by atoms with Gasteiger partial charge in [-0.1, -0.05) is 30.3 Å². The number of thiazole rings is 1. The van der Waals surface area contributed by atoms with Crippen LogP contribution < -0.4 is 0 Å². The fourth-order valence-electron chi connectivity index (χ4n) is 2.69. The van der Waals surface area contributed by atoms with Gasteiger partial charge in [0.25, 0.3) is 0 Å². The topological polar surface area (TPSA) is 45.7 Å². The van der Waals surface area contributed by atoms with Crippen LogP contribution in [0.5, 0.6) is 0 Å². The molecule has 5 nitrogen and oxygen atoms in total. The van der Waals surface area contributed by atoms with E-state index in [-0.39, 0.29) is 12.5 Å². The number of carbonyl (C=O) groups is 1. The van der Waals surface area contributed by atoms with Crippen molar-refractivity contribution >= 4 is 17.2 Å². The fraction of sp³-hybridized carbons (Fsp3) is 0.412. The van der Waals surface area contributed by atoms with Crippen molar-refractivity contribution < 1.29 is 9.53 Å². The molecule has 1 aromatic heterocycles. The van der Waals surface area contributed by atoms with Gasteiger partial charge in [-0.15, -0.1) is 11.3 Å². The highest BCUT2D eigenvalue weighted by molar-refractivity contribution is 7.13. The summed E-state index contributed by atoms with van der Waals surface area (Å²) in [6.45, 7) is 4.30. The number of nitrogens with zero attached hydrogens (tertiary/aromatic N) is 3.